The van der Waals surface area contributed by atoms with Gasteiger partial charge in [-0.1, -0.05) is 53.0 Å². The van der Waals surface area contributed by atoms with Crippen LogP contribution in [0.15, 0.2) is 54.6 Å². The van der Waals surface area contributed by atoms with Gasteiger partial charge in [0.15, 0.2) is 0 Å². The SMILES string of the molecule is Cc1cccc(N[C@H](Cc2ccc(Cl)cc2Cl)C(=O)N2CCC(c3ccc(Cl)cc3OCCN3CCCC3)CC2)n1. The van der Waals surface area contributed by atoms with Gasteiger partial charge in [-0.15, -0.1) is 0 Å². The summed E-state index contributed by atoms with van der Waals surface area (Å²) in [7, 11) is 0. The van der Waals surface area contributed by atoms with Crippen LogP contribution in [-0.4, -0.2) is 66.1 Å². The summed E-state index contributed by atoms with van der Waals surface area (Å²) < 4.78 is 6.26. The lowest BCUT2D eigenvalue weighted by atomic mass is 9.88. The fourth-order valence-electron chi connectivity index (χ4n) is 5.80. The van der Waals surface area contributed by atoms with Crippen LogP contribution < -0.4 is 10.1 Å². The zero-order chi connectivity index (χ0) is 28.8. The molecule has 3 heterocycles. The number of hydrogen-bond donors (Lipinski definition) is 1. The molecule has 0 saturated carbocycles. The molecule has 0 bridgehead atoms. The lowest BCUT2D eigenvalue weighted by Gasteiger charge is -2.35. The number of ether oxygens (including phenoxy) is 1. The predicted octanol–water partition coefficient (Wildman–Crippen LogP) is 7.25. The minimum absolute atomic E-state index is 0.0379. The highest BCUT2D eigenvalue weighted by atomic mass is 35.5. The lowest BCUT2D eigenvalue weighted by Crippen LogP contribution is -2.47. The first-order valence-electron chi connectivity index (χ1n) is 14.4. The lowest BCUT2D eigenvalue weighted by molar-refractivity contribution is -0.133. The number of piperidine rings is 1. The molecule has 3 aromatic rings. The Kier molecular flexibility index (Phi) is 10.3. The maximum Gasteiger partial charge on any atom is 0.245 e. The van der Waals surface area contributed by atoms with Crippen LogP contribution in [0, 0.1) is 6.92 Å². The molecule has 0 radical (unpaired) electrons. The van der Waals surface area contributed by atoms with E-state index in [9.17, 15) is 4.79 Å². The van der Waals surface area contributed by atoms with E-state index in [1.165, 1.54) is 18.4 Å². The molecular weight excluding hydrogens is 579 g/mol. The second-order valence-electron chi connectivity index (χ2n) is 11.0. The van der Waals surface area contributed by atoms with Crippen molar-refractivity contribution in [3.05, 3.63) is 86.5 Å². The standard InChI is InChI=1S/C32H37Cl3N4O2/c1-22-5-4-6-31(36-22)37-29(19-24-7-8-25(33)20-28(24)35)32(40)39-15-11-23(12-16-39)27-10-9-26(34)21-30(27)41-18-17-38-13-2-3-14-38/h4-10,20-21,23,29H,2-3,11-19H2,1H3,(H,36,37)/t29-/m1/s1. The van der Waals surface area contributed by atoms with E-state index < -0.39 is 6.04 Å². The summed E-state index contributed by atoms with van der Waals surface area (Å²) in [5.74, 6) is 1.87. The summed E-state index contributed by atoms with van der Waals surface area (Å²) in [5, 5.41) is 5.17. The second-order valence-corrected chi connectivity index (χ2v) is 12.3. The van der Waals surface area contributed by atoms with E-state index in [1.807, 2.05) is 48.2 Å². The van der Waals surface area contributed by atoms with E-state index in [4.69, 9.17) is 39.5 Å². The van der Waals surface area contributed by atoms with Gasteiger partial charge in [0.05, 0.1) is 0 Å². The first-order valence-corrected chi connectivity index (χ1v) is 15.6. The Morgan fingerprint density at radius 3 is 2.46 bits per heavy atom. The number of benzene rings is 2. The number of nitrogens with zero attached hydrogens (tertiary/aromatic N) is 3. The van der Waals surface area contributed by atoms with Crippen LogP contribution in [-0.2, 0) is 11.2 Å². The average Bonchev–Trinajstić information content (AvgIpc) is 3.48. The number of hydrogen-bond acceptors (Lipinski definition) is 5. The van der Waals surface area contributed by atoms with Gasteiger partial charge >= 0.3 is 0 Å². The second kappa shape index (κ2) is 14.1. The molecule has 2 aliphatic rings. The summed E-state index contributed by atoms with van der Waals surface area (Å²) in [4.78, 5) is 22.9. The first kappa shape index (κ1) is 30.0. The minimum Gasteiger partial charge on any atom is -0.492 e. The first-order chi connectivity index (χ1) is 19.9. The van der Waals surface area contributed by atoms with E-state index >= 15 is 0 Å². The van der Waals surface area contributed by atoms with Gasteiger partial charge in [0.1, 0.15) is 24.2 Å². The van der Waals surface area contributed by atoms with Crippen LogP contribution in [0.25, 0.3) is 0 Å². The summed E-state index contributed by atoms with van der Waals surface area (Å²) in [5.41, 5.74) is 2.92. The Morgan fingerprint density at radius 1 is 1.00 bits per heavy atom. The third-order valence-corrected chi connectivity index (χ3v) is 8.86. The van der Waals surface area contributed by atoms with Gasteiger partial charge in [-0.05, 0) is 99.1 Å². The zero-order valence-electron chi connectivity index (χ0n) is 23.4. The smallest absolute Gasteiger partial charge is 0.245 e. The molecule has 0 aliphatic carbocycles. The van der Waals surface area contributed by atoms with Crippen molar-refractivity contribution in [3.8, 4) is 5.75 Å². The third kappa shape index (κ3) is 8.07. The van der Waals surface area contributed by atoms with Crippen molar-refractivity contribution in [2.75, 3.05) is 44.6 Å². The van der Waals surface area contributed by atoms with Crippen LogP contribution >= 0.6 is 34.8 Å². The maximum absolute atomic E-state index is 13.9. The Hall–Kier alpha value is -2.51. The molecule has 218 valence electrons. The number of nitrogens with one attached hydrogen (secondary N) is 1. The molecular formula is C32H37Cl3N4O2. The molecule has 6 nitrogen and oxygen atoms in total. The highest BCUT2D eigenvalue weighted by molar-refractivity contribution is 6.35. The Balaban J connectivity index is 1.26. The molecule has 0 unspecified atom stereocenters. The number of carbonyl (C=O) groups excluding carboxylic acids is 1. The number of amides is 1. The molecule has 1 atom stereocenters. The van der Waals surface area contributed by atoms with E-state index in [2.05, 4.69) is 21.3 Å². The van der Waals surface area contributed by atoms with Crippen molar-refractivity contribution in [3.63, 3.8) is 0 Å². The maximum atomic E-state index is 13.9. The van der Waals surface area contributed by atoms with Gasteiger partial charge in [-0.3, -0.25) is 9.69 Å². The molecule has 2 fully saturated rings. The van der Waals surface area contributed by atoms with Gasteiger partial charge in [0, 0.05) is 46.8 Å². The summed E-state index contributed by atoms with van der Waals surface area (Å²) >= 11 is 19.0. The predicted molar refractivity (Wildman–Crippen MR) is 168 cm³/mol. The molecule has 5 rings (SSSR count). The highest BCUT2D eigenvalue weighted by Crippen LogP contribution is 2.36. The van der Waals surface area contributed by atoms with Crippen molar-refractivity contribution in [2.24, 2.45) is 0 Å². The molecule has 2 saturated heterocycles. The Bertz CT molecular complexity index is 1340. The van der Waals surface area contributed by atoms with Crippen molar-refractivity contribution < 1.29 is 9.53 Å². The van der Waals surface area contributed by atoms with Crippen LogP contribution in [0.1, 0.15) is 48.4 Å². The topological polar surface area (TPSA) is 57.7 Å². The zero-order valence-corrected chi connectivity index (χ0v) is 25.7. The monoisotopic (exact) mass is 614 g/mol. The molecule has 1 amide bonds. The fourth-order valence-corrected chi connectivity index (χ4v) is 6.45. The largest absolute Gasteiger partial charge is 0.492 e. The summed E-state index contributed by atoms with van der Waals surface area (Å²) in [6.07, 6.45) is 4.67. The highest BCUT2D eigenvalue weighted by Gasteiger charge is 2.31. The van der Waals surface area contributed by atoms with Crippen LogP contribution in [0.2, 0.25) is 15.1 Å². The van der Waals surface area contributed by atoms with Gasteiger partial charge in [-0.2, -0.15) is 0 Å². The fraction of sp³-hybridized carbons (Fsp3) is 0.438. The molecule has 2 aromatic carbocycles. The Morgan fingerprint density at radius 2 is 1.73 bits per heavy atom. The summed E-state index contributed by atoms with van der Waals surface area (Å²) in [6.45, 7) is 7.14. The molecule has 0 spiro atoms. The third-order valence-electron chi connectivity index (χ3n) is 8.03. The number of carbonyl (C=O) groups is 1. The normalized spacial score (nSPS) is 17.0. The quantitative estimate of drug-likeness (QED) is 0.260. The van der Waals surface area contributed by atoms with Crippen molar-refractivity contribution in [1.82, 2.24) is 14.8 Å². The number of rotatable bonds is 10. The van der Waals surface area contributed by atoms with Gasteiger partial charge in [-0.25, -0.2) is 4.98 Å². The van der Waals surface area contributed by atoms with Crippen molar-refractivity contribution >= 4 is 46.5 Å². The van der Waals surface area contributed by atoms with Gasteiger partial charge in [0.25, 0.3) is 0 Å². The number of aryl methyl sites for hydroxylation is 1. The van der Waals surface area contributed by atoms with Crippen molar-refractivity contribution in [1.29, 1.82) is 0 Å². The van der Waals surface area contributed by atoms with E-state index in [0.717, 1.165) is 49.5 Å². The molecule has 1 aromatic heterocycles. The van der Waals surface area contributed by atoms with E-state index in [1.54, 1.807) is 12.1 Å². The van der Waals surface area contributed by atoms with Crippen LogP contribution in [0.5, 0.6) is 5.75 Å². The molecule has 41 heavy (non-hydrogen) atoms. The van der Waals surface area contributed by atoms with E-state index in [0.29, 0.717) is 52.9 Å². The number of halogens is 3. The van der Waals surface area contributed by atoms with E-state index in [-0.39, 0.29) is 5.91 Å². The molecule has 1 N–H and O–H groups in total. The Labute approximate surface area is 257 Å². The average molecular weight is 616 g/mol. The van der Waals surface area contributed by atoms with Crippen LogP contribution in [0.3, 0.4) is 0 Å². The molecule has 2 aliphatic heterocycles. The number of aromatic nitrogens is 1. The van der Waals surface area contributed by atoms with Crippen molar-refractivity contribution in [2.45, 2.75) is 51.0 Å². The number of pyridine rings is 1. The number of likely N-dealkylation sites (tertiary alicyclic amines) is 2. The minimum atomic E-state index is -0.514. The number of anilines is 1. The van der Waals surface area contributed by atoms with Crippen LogP contribution in [0.4, 0.5) is 5.82 Å². The van der Waals surface area contributed by atoms with Gasteiger partial charge < -0.3 is 15.0 Å². The van der Waals surface area contributed by atoms with Gasteiger partial charge in [0.2, 0.25) is 5.91 Å². The summed E-state index contributed by atoms with van der Waals surface area (Å²) in [6, 6.07) is 16.6. The molecule has 9 heteroatoms.